The van der Waals surface area contributed by atoms with Crippen LogP contribution in [0.4, 0.5) is 18.9 Å². The zero-order valence-corrected chi connectivity index (χ0v) is 19.2. The quantitative estimate of drug-likeness (QED) is 0.419. The van der Waals surface area contributed by atoms with E-state index in [9.17, 15) is 13.2 Å². The first-order valence-corrected chi connectivity index (χ1v) is 10.6. The number of rotatable bonds is 8. The van der Waals surface area contributed by atoms with Crippen molar-refractivity contribution < 1.29 is 13.2 Å². The van der Waals surface area contributed by atoms with Crippen molar-refractivity contribution in [3.63, 3.8) is 0 Å². The summed E-state index contributed by atoms with van der Waals surface area (Å²) in [6.07, 6.45) is -1.59. The second-order valence-corrected chi connectivity index (χ2v) is 6.44. The minimum Gasteiger partial charge on any atom is -0.402 e. The zero-order valence-electron chi connectivity index (χ0n) is 19.2. The van der Waals surface area contributed by atoms with E-state index in [2.05, 4.69) is 23.3 Å². The smallest absolute Gasteiger partial charge is 0.402 e. The van der Waals surface area contributed by atoms with Crippen LogP contribution in [0.2, 0.25) is 0 Å². The maximum atomic E-state index is 13.2. The summed E-state index contributed by atoms with van der Waals surface area (Å²) in [5.74, 6) is 0. The van der Waals surface area contributed by atoms with Gasteiger partial charge in [0.25, 0.3) is 0 Å². The highest BCUT2D eigenvalue weighted by Gasteiger charge is 2.32. The molecular weight excluding hydrogens is 401 g/mol. The van der Waals surface area contributed by atoms with E-state index in [-0.39, 0.29) is 18.2 Å². The van der Waals surface area contributed by atoms with Crippen LogP contribution >= 0.6 is 0 Å². The van der Waals surface area contributed by atoms with E-state index in [1.807, 2.05) is 44.2 Å². The molecule has 2 aromatic carbocycles. The normalized spacial score (nSPS) is 12.1. The molecule has 0 radical (unpaired) electrons. The number of allylic oxidation sites excluding steroid dienone is 1. The number of nitrogens with two attached hydrogens (primary N) is 2. The van der Waals surface area contributed by atoms with Gasteiger partial charge in [0.1, 0.15) is 0 Å². The van der Waals surface area contributed by atoms with Gasteiger partial charge in [0.2, 0.25) is 0 Å². The van der Waals surface area contributed by atoms with Crippen LogP contribution in [0, 0.1) is 0 Å². The molecule has 0 aliphatic heterocycles. The Balaban J connectivity index is 0.00000212. The number of nitrogens with one attached hydrogen (secondary N) is 2. The Morgan fingerprint density at radius 2 is 1.61 bits per heavy atom. The lowest BCUT2D eigenvalue weighted by Gasteiger charge is -2.21. The number of hydrogen-bond donors (Lipinski definition) is 4. The van der Waals surface area contributed by atoms with Gasteiger partial charge in [0.05, 0.1) is 11.6 Å². The van der Waals surface area contributed by atoms with E-state index < -0.39 is 11.7 Å². The highest BCUT2D eigenvalue weighted by atomic mass is 19.4. The van der Waals surface area contributed by atoms with Crippen LogP contribution in [0.15, 0.2) is 60.3 Å². The van der Waals surface area contributed by atoms with Gasteiger partial charge in [-0.2, -0.15) is 13.2 Å². The fourth-order valence-corrected chi connectivity index (χ4v) is 2.88. The van der Waals surface area contributed by atoms with Gasteiger partial charge in [-0.15, -0.1) is 0 Å². The van der Waals surface area contributed by atoms with Crippen molar-refractivity contribution in [2.45, 2.75) is 52.9 Å². The maximum absolute atomic E-state index is 13.2. The van der Waals surface area contributed by atoms with E-state index in [0.717, 1.165) is 30.3 Å². The summed E-state index contributed by atoms with van der Waals surface area (Å²) >= 11 is 0. The molecule has 6 N–H and O–H groups in total. The van der Waals surface area contributed by atoms with E-state index in [0.29, 0.717) is 5.70 Å². The number of halogens is 3. The van der Waals surface area contributed by atoms with E-state index in [4.69, 9.17) is 5.73 Å². The first-order chi connectivity index (χ1) is 14.8. The van der Waals surface area contributed by atoms with Crippen LogP contribution in [0.5, 0.6) is 0 Å². The first-order valence-electron chi connectivity index (χ1n) is 10.6. The average Bonchev–Trinajstić information content (AvgIpc) is 2.77. The lowest BCUT2D eigenvalue weighted by Crippen LogP contribution is -2.23. The van der Waals surface area contributed by atoms with Gasteiger partial charge in [-0.25, -0.2) is 0 Å². The van der Waals surface area contributed by atoms with Crippen LogP contribution < -0.4 is 22.1 Å². The molecule has 0 aliphatic carbocycles. The Morgan fingerprint density at radius 1 is 1.03 bits per heavy atom. The second-order valence-electron chi connectivity index (χ2n) is 6.44. The fraction of sp³-hybridized carbons (Fsp3) is 0.417. The molecule has 0 saturated carbocycles. The Morgan fingerprint density at radius 3 is 2.19 bits per heavy atom. The monoisotopic (exact) mass is 438 g/mol. The van der Waals surface area contributed by atoms with Crippen LogP contribution in [0.25, 0.3) is 0 Å². The lowest BCUT2D eigenvalue weighted by atomic mass is 10.0. The molecule has 2 aromatic rings. The molecule has 0 aromatic heterocycles. The van der Waals surface area contributed by atoms with Gasteiger partial charge in [-0.1, -0.05) is 57.2 Å². The van der Waals surface area contributed by atoms with Gasteiger partial charge < -0.3 is 22.1 Å². The summed E-state index contributed by atoms with van der Waals surface area (Å²) < 4.78 is 39.7. The second kappa shape index (κ2) is 15.3. The van der Waals surface area contributed by atoms with E-state index >= 15 is 0 Å². The Kier molecular flexibility index (Phi) is 14.1. The SMILES string of the molecule is CC.CCCNc1ccccc1C(/C=C(/C)N)NCc1ccccc1C(F)(F)F.CN. The van der Waals surface area contributed by atoms with Crippen LogP contribution in [0.1, 0.15) is 56.8 Å². The Bertz CT molecular complexity index is 769. The molecule has 0 spiro atoms. The number of para-hydroxylation sites is 1. The van der Waals surface area contributed by atoms with Gasteiger partial charge in [0, 0.05) is 24.5 Å². The van der Waals surface area contributed by atoms with Gasteiger partial charge in [-0.3, -0.25) is 0 Å². The van der Waals surface area contributed by atoms with Crippen LogP contribution in [-0.4, -0.2) is 13.6 Å². The molecule has 0 fully saturated rings. The molecular formula is C24H37F3N4. The third-order valence-corrected chi connectivity index (χ3v) is 4.13. The number of hydrogen-bond acceptors (Lipinski definition) is 4. The summed E-state index contributed by atoms with van der Waals surface area (Å²) in [5.41, 5.74) is 12.4. The third kappa shape index (κ3) is 9.89. The summed E-state index contributed by atoms with van der Waals surface area (Å²) in [6.45, 7) is 8.72. The molecule has 0 heterocycles. The van der Waals surface area contributed by atoms with Gasteiger partial charge in [-0.05, 0) is 49.7 Å². The molecule has 4 nitrogen and oxygen atoms in total. The van der Waals surface area contributed by atoms with Crippen molar-refractivity contribution >= 4 is 5.69 Å². The molecule has 0 aliphatic rings. The first kappa shape index (κ1) is 28.5. The molecule has 31 heavy (non-hydrogen) atoms. The molecule has 0 bridgehead atoms. The molecule has 2 rings (SSSR count). The minimum atomic E-state index is -4.38. The summed E-state index contributed by atoms with van der Waals surface area (Å²) in [6, 6.07) is 13.0. The topological polar surface area (TPSA) is 76.1 Å². The van der Waals surface area contributed by atoms with Crippen LogP contribution in [0.3, 0.4) is 0 Å². The molecule has 1 unspecified atom stereocenters. The largest absolute Gasteiger partial charge is 0.416 e. The van der Waals surface area contributed by atoms with Gasteiger partial charge >= 0.3 is 6.18 Å². The lowest BCUT2D eigenvalue weighted by molar-refractivity contribution is -0.138. The molecule has 1 atom stereocenters. The predicted molar refractivity (Wildman–Crippen MR) is 126 cm³/mol. The number of alkyl halides is 3. The minimum absolute atomic E-state index is 0.0756. The number of anilines is 1. The molecule has 7 heteroatoms. The van der Waals surface area contributed by atoms with Crippen LogP contribution in [-0.2, 0) is 12.7 Å². The predicted octanol–water partition coefficient (Wildman–Crippen LogP) is 5.82. The Labute approximate surface area is 184 Å². The molecule has 0 saturated heterocycles. The average molecular weight is 439 g/mol. The summed E-state index contributed by atoms with van der Waals surface area (Å²) in [7, 11) is 1.50. The van der Waals surface area contributed by atoms with Crippen molar-refractivity contribution in [2.75, 3.05) is 18.9 Å². The summed E-state index contributed by atoms with van der Waals surface area (Å²) in [4.78, 5) is 0. The fourth-order valence-electron chi connectivity index (χ4n) is 2.88. The van der Waals surface area contributed by atoms with Crippen molar-refractivity contribution in [2.24, 2.45) is 11.5 Å². The number of benzene rings is 2. The zero-order chi connectivity index (χ0) is 23.9. The van der Waals surface area contributed by atoms with Crippen molar-refractivity contribution in [3.05, 3.63) is 77.0 Å². The highest BCUT2D eigenvalue weighted by Crippen LogP contribution is 2.32. The molecule has 174 valence electrons. The van der Waals surface area contributed by atoms with Gasteiger partial charge in [0.15, 0.2) is 0 Å². The van der Waals surface area contributed by atoms with E-state index in [1.54, 1.807) is 13.0 Å². The van der Waals surface area contributed by atoms with Crippen molar-refractivity contribution in [3.8, 4) is 0 Å². The standard InChI is InChI=1S/C21H26F3N3.C2H6.CH5N/c1-3-12-26-19-11-7-5-9-17(19)20(13-15(2)25)27-14-16-8-4-6-10-18(16)21(22,23)24;2*1-2/h4-11,13,20,26-27H,3,12,14,25H2,1-2H3;1-2H3;2H2,1H3/b15-13-;;. The highest BCUT2D eigenvalue weighted by molar-refractivity contribution is 5.53. The maximum Gasteiger partial charge on any atom is 0.416 e. The Hall–Kier alpha value is -2.51. The van der Waals surface area contributed by atoms with E-state index in [1.165, 1.54) is 19.2 Å². The molecule has 0 amide bonds. The third-order valence-electron chi connectivity index (χ3n) is 4.13. The van der Waals surface area contributed by atoms with Crippen molar-refractivity contribution in [1.82, 2.24) is 5.32 Å². The van der Waals surface area contributed by atoms with Crippen molar-refractivity contribution in [1.29, 1.82) is 0 Å². The summed E-state index contributed by atoms with van der Waals surface area (Å²) in [5, 5.41) is 6.58.